The molecule has 0 radical (unpaired) electrons. The van der Waals surface area contributed by atoms with Crippen LogP contribution in [0, 0.1) is 0 Å². The summed E-state index contributed by atoms with van der Waals surface area (Å²) in [6, 6.07) is 0. The average Bonchev–Trinajstić information content (AvgIpc) is 2.37. The van der Waals surface area contributed by atoms with Gasteiger partial charge in [0, 0.05) is 26.6 Å². The van der Waals surface area contributed by atoms with Crippen LogP contribution >= 0.6 is 0 Å². The zero-order valence-electron chi connectivity index (χ0n) is 8.36. The van der Waals surface area contributed by atoms with Crippen LogP contribution < -0.4 is 0 Å². The molecule has 1 fully saturated rings. The first-order chi connectivity index (χ1) is 6.07. The van der Waals surface area contributed by atoms with Crippen LogP contribution in [0.2, 0.25) is 0 Å². The minimum Gasteiger partial charge on any atom is -0.396 e. The summed E-state index contributed by atoms with van der Waals surface area (Å²) in [5, 5.41) is 16.5. The highest BCUT2D eigenvalue weighted by Crippen LogP contribution is 2.04. The Morgan fingerprint density at radius 3 is 2.31 bits per heavy atom. The van der Waals surface area contributed by atoms with Crippen LogP contribution in [0.25, 0.3) is 0 Å². The lowest BCUT2D eigenvalue weighted by Gasteiger charge is -2.03. The first kappa shape index (κ1) is 12.4. The fourth-order valence-corrected chi connectivity index (χ4v) is 0.970. The molecule has 1 aliphatic heterocycles. The molecular formula is C9H19NO3. The monoisotopic (exact) mass is 189 g/mol. The van der Waals surface area contributed by atoms with Gasteiger partial charge >= 0.3 is 0 Å². The average molecular weight is 189 g/mol. The highest BCUT2D eigenvalue weighted by molar-refractivity contribution is 5.77. The van der Waals surface area contributed by atoms with Crippen LogP contribution in [0.4, 0.5) is 0 Å². The quantitative estimate of drug-likeness (QED) is 0.642. The van der Waals surface area contributed by atoms with E-state index in [1.807, 2.05) is 7.05 Å². The van der Waals surface area contributed by atoms with Gasteiger partial charge in [-0.05, 0) is 19.8 Å². The van der Waals surface area contributed by atoms with Gasteiger partial charge in [0.15, 0.2) is 0 Å². The topological polar surface area (TPSA) is 60.8 Å². The van der Waals surface area contributed by atoms with Gasteiger partial charge in [-0.3, -0.25) is 4.79 Å². The minimum atomic E-state index is -0.352. The molecule has 1 unspecified atom stereocenters. The third-order valence-electron chi connectivity index (χ3n) is 1.86. The van der Waals surface area contributed by atoms with Crippen molar-refractivity contribution in [3.05, 3.63) is 0 Å². The molecule has 13 heavy (non-hydrogen) atoms. The van der Waals surface area contributed by atoms with Crippen LogP contribution in [-0.4, -0.2) is 47.3 Å². The molecule has 0 bridgehead atoms. The van der Waals surface area contributed by atoms with Crippen molar-refractivity contribution in [2.24, 2.45) is 0 Å². The highest BCUT2D eigenvalue weighted by atomic mass is 16.3. The van der Waals surface area contributed by atoms with Crippen LogP contribution in [0.1, 0.15) is 26.2 Å². The first-order valence-electron chi connectivity index (χ1n) is 4.60. The van der Waals surface area contributed by atoms with Crippen molar-refractivity contribution < 1.29 is 15.0 Å². The van der Waals surface area contributed by atoms with E-state index in [0.29, 0.717) is 12.3 Å². The molecule has 0 aromatic heterocycles. The molecule has 1 atom stereocenters. The zero-order chi connectivity index (χ0) is 10.3. The molecule has 1 aliphatic rings. The maximum Gasteiger partial charge on any atom is 0.222 e. The summed E-state index contributed by atoms with van der Waals surface area (Å²) in [4.78, 5) is 12.3. The Morgan fingerprint density at radius 1 is 1.62 bits per heavy atom. The molecule has 4 nitrogen and oxygen atoms in total. The van der Waals surface area contributed by atoms with E-state index in [-0.39, 0.29) is 12.7 Å². The summed E-state index contributed by atoms with van der Waals surface area (Å²) in [5.74, 6) is 0.292. The third kappa shape index (κ3) is 6.54. The summed E-state index contributed by atoms with van der Waals surface area (Å²) < 4.78 is 0. The lowest BCUT2D eigenvalue weighted by molar-refractivity contribution is -0.126. The van der Waals surface area contributed by atoms with Gasteiger partial charge in [0.2, 0.25) is 5.91 Å². The van der Waals surface area contributed by atoms with Crippen molar-refractivity contribution in [1.29, 1.82) is 0 Å². The molecule has 4 heteroatoms. The van der Waals surface area contributed by atoms with Crippen molar-refractivity contribution in [3.63, 3.8) is 0 Å². The van der Waals surface area contributed by atoms with Crippen LogP contribution in [0.5, 0.6) is 0 Å². The van der Waals surface area contributed by atoms with Crippen molar-refractivity contribution in [3.8, 4) is 0 Å². The third-order valence-corrected chi connectivity index (χ3v) is 1.86. The number of amides is 1. The van der Waals surface area contributed by atoms with Gasteiger partial charge in [-0.25, -0.2) is 0 Å². The molecule has 0 spiro atoms. The maximum absolute atomic E-state index is 10.5. The van der Waals surface area contributed by atoms with Gasteiger partial charge in [0.25, 0.3) is 0 Å². The molecule has 2 N–H and O–H groups in total. The second kappa shape index (κ2) is 6.86. The standard InChI is InChI=1S/C5H9NO.C4H10O2/c1-6-4-2-3-5(6)7;1-4(6)2-3-5/h2-4H2,1H3;4-6H,2-3H2,1H3. The molecule has 1 heterocycles. The highest BCUT2D eigenvalue weighted by Gasteiger charge is 2.14. The van der Waals surface area contributed by atoms with Gasteiger partial charge < -0.3 is 15.1 Å². The minimum absolute atomic E-state index is 0.0810. The summed E-state index contributed by atoms with van der Waals surface area (Å²) in [6.07, 6.45) is 1.95. The lowest BCUT2D eigenvalue weighted by Crippen LogP contribution is -2.17. The molecule has 1 rings (SSSR count). The number of aliphatic hydroxyl groups excluding tert-OH is 2. The molecule has 1 saturated heterocycles. The van der Waals surface area contributed by atoms with Crippen LogP contribution in [0.15, 0.2) is 0 Å². The number of carbonyl (C=O) groups excluding carboxylic acids is 1. The van der Waals surface area contributed by atoms with Crippen molar-refractivity contribution >= 4 is 5.91 Å². The summed E-state index contributed by atoms with van der Waals surface area (Å²) in [7, 11) is 1.84. The van der Waals surface area contributed by atoms with Gasteiger partial charge in [0.1, 0.15) is 0 Å². The van der Waals surface area contributed by atoms with E-state index in [2.05, 4.69) is 0 Å². The molecular weight excluding hydrogens is 170 g/mol. The number of likely N-dealkylation sites (tertiary alicyclic amines) is 1. The number of aliphatic hydroxyl groups is 2. The second-order valence-electron chi connectivity index (χ2n) is 3.28. The van der Waals surface area contributed by atoms with Gasteiger partial charge in [0.05, 0.1) is 6.10 Å². The van der Waals surface area contributed by atoms with E-state index in [4.69, 9.17) is 10.2 Å². The SMILES string of the molecule is CC(O)CCO.CN1CCCC1=O. The van der Waals surface area contributed by atoms with E-state index in [0.717, 1.165) is 19.4 Å². The molecule has 0 aromatic carbocycles. The molecule has 78 valence electrons. The first-order valence-corrected chi connectivity index (χ1v) is 4.60. The number of nitrogens with zero attached hydrogens (tertiary/aromatic N) is 1. The lowest BCUT2D eigenvalue weighted by atomic mass is 10.3. The summed E-state index contributed by atoms with van der Waals surface area (Å²) in [6.45, 7) is 2.69. The van der Waals surface area contributed by atoms with E-state index in [1.54, 1.807) is 11.8 Å². The van der Waals surface area contributed by atoms with Crippen molar-refractivity contribution in [1.82, 2.24) is 4.90 Å². The van der Waals surface area contributed by atoms with Crippen molar-refractivity contribution in [2.45, 2.75) is 32.3 Å². The fourth-order valence-electron chi connectivity index (χ4n) is 0.970. The Labute approximate surface area is 79.2 Å². The normalized spacial score (nSPS) is 18.2. The van der Waals surface area contributed by atoms with E-state index < -0.39 is 0 Å². The molecule has 1 amide bonds. The zero-order valence-corrected chi connectivity index (χ0v) is 8.36. The number of rotatable bonds is 2. The van der Waals surface area contributed by atoms with Gasteiger partial charge in [-0.15, -0.1) is 0 Å². The number of hydrogen-bond donors (Lipinski definition) is 2. The van der Waals surface area contributed by atoms with Crippen LogP contribution in [0.3, 0.4) is 0 Å². The van der Waals surface area contributed by atoms with E-state index >= 15 is 0 Å². The van der Waals surface area contributed by atoms with Crippen molar-refractivity contribution in [2.75, 3.05) is 20.2 Å². The smallest absolute Gasteiger partial charge is 0.222 e. The predicted molar refractivity (Wildman–Crippen MR) is 50.3 cm³/mol. The summed E-state index contributed by atoms with van der Waals surface area (Å²) >= 11 is 0. The Balaban J connectivity index is 0.000000226. The molecule has 0 aromatic rings. The fraction of sp³-hybridized carbons (Fsp3) is 0.889. The predicted octanol–water partition coefficient (Wildman–Crippen LogP) is -0.0118. The second-order valence-corrected chi connectivity index (χ2v) is 3.28. The molecule has 0 aliphatic carbocycles. The van der Waals surface area contributed by atoms with Gasteiger partial charge in [-0.2, -0.15) is 0 Å². The van der Waals surface area contributed by atoms with Gasteiger partial charge in [-0.1, -0.05) is 0 Å². The molecule has 0 saturated carbocycles. The maximum atomic E-state index is 10.5. The summed E-state index contributed by atoms with van der Waals surface area (Å²) in [5.41, 5.74) is 0. The Kier molecular flexibility index (Phi) is 6.54. The largest absolute Gasteiger partial charge is 0.396 e. The Hall–Kier alpha value is -0.610. The van der Waals surface area contributed by atoms with E-state index in [9.17, 15) is 4.79 Å². The Morgan fingerprint density at radius 2 is 2.23 bits per heavy atom. The van der Waals surface area contributed by atoms with Crippen LogP contribution in [-0.2, 0) is 4.79 Å². The van der Waals surface area contributed by atoms with E-state index in [1.165, 1.54) is 0 Å². The number of hydrogen-bond acceptors (Lipinski definition) is 3. The number of carbonyl (C=O) groups is 1. The Bertz CT molecular complexity index is 148.